The normalized spacial score (nSPS) is 11.9. The molecule has 0 radical (unpaired) electrons. The van der Waals surface area contributed by atoms with Gasteiger partial charge in [0.25, 0.3) is 0 Å². The molecule has 8 heteroatoms. The van der Waals surface area contributed by atoms with E-state index < -0.39 is 11.2 Å². The number of carbonyl (C=O) groups excluding carboxylic acids is 2. The van der Waals surface area contributed by atoms with Crippen LogP contribution in [-0.2, 0) is 14.4 Å². The van der Waals surface area contributed by atoms with E-state index in [-0.39, 0.29) is 42.4 Å². The second-order valence-electron chi connectivity index (χ2n) is 5.78. The zero-order chi connectivity index (χ0) is 19.0. The zero-order valence-electron chi connectivity index (χ0n) is 14.5. The number of amides is 2. The highest BCUT2D eigenvalue weighted by Gasteiger charge is 2.24. The maximum absolute atomic E-state index is 12.8. The standard InChI is InChI=1S/C17H23FN2O4S/c1-11(2)20(9-8-16(22)23)17(24)12(3)25-10-15(21)19-14-6-4-13(18)5-7-14/h4-7,11-12H,8-10H2,1-3H3,(H,19,21)(H,22,23). The molecule has 0 aliphatic rings. The lowest BCUT2D eigenvalue weighted by Crippen LogP contribution is -2.42. The smallest absolute Gasteiger partial charge is 0.305 e. The predicted molar refractivity (Wildman–Crippen MR) is 96.1 cm³/mol. The van der Waals surface area contributed by atoms with E-state index in [1.165, 1.54) is 40.9 Å². The highest BCUT2D eigenvalue weighted by molar-refractivity contribution is 8.01. The van der Waals surface area contributed by atoms with Crippen molar-refractivity contribution in [2.45, 2.75) is 38.5 Å². The van der Waals surface area contributed by atoms with Gasteiger partial charge in [0.2, 0.25) is 11.8 Å². The molecule has 1 unspecified atom stereocenters. The molecule has 0 saturated carbocycles. The number of benzene rings is 1. The van der Waals surface area contributed by atoms with E-state index in [4.69, 9.17) is 5.11 Å². The molecule has 1 atom stereocenters. The van der Waals surface area contributed by atoms with Crippen LogP contribution in [0.4, 0.5) is 10.1 Å². The van der Waals surface area contributed by atoms with E-state index in [9.17, 15) is 18.8 Å². The number of carboxylic acids is 1. The minimum Gasteiger partial charge on any atom is -0.481 e. The lowest BCUT2D eigenvalue weighted by molar-refractivity contribution is -0.139. The van der Waals surface area contributed by atoms with Crippen molar-refractivity contribution in [2.75, 3.05) is 17.6 Å². The summed E-state index contributed by atoms with van der Waals surface area (Å²) in [5.74, 6) is -1.78. The molecule has 1 aromatic rings. The van der Waals surface area contributed by atoms with E-state index in [0.717, 1.165) is 0 Å². The highest BCUT2D eigenvalue weighted by atomic mass is 32.2. The summed E-state index contributed by atoms with van der Waals surface area (Å²) >= 11 is 1.17. The van der Waals surface area contributed by atoms with Crippen molar-refractivity contribution >= 4 is 35.2 Å². The van der Waals surface area contributed by atoms with Gasteiger partial charge < -0.3 is 15.3 Å². The van der Waals surface area contributed by atoms with Crippen LogP contribution < -0.4 is 5.32 Å². The van der Waals surface area contributed by atoms with Crippen molar-refractivity contribution < 1.29 is 23.9 Å². The fourth-order valence-electron chi connectivity index (χ4n) is 2.07. The van der Waals surface area contributed by atoms with Crippen molar-refractivity contribution in [3.8, 4) is 0 Å². The third-order valence-corrected chi connectivity index (χ3v) is 4.54. The van der Waals surface area contributed by atoms with Gasteiger partial charge in [-0.2, -0.15) is 0 Å². The van der Waals surface area contributed by atoms with E-state index in [0.29, 0.717) is 5.69 Å². The zero-order valence-corrected chi connectivity index (χ0v) is 15.3. The van der Waals surface area contributed by atoms with Crippen LogP contribution in [-0.4, -0.2) is 51.4 Å². The Labute approximate surface area is 150 Å². The second kappa shape index (κ2) is 10.0. The van der Waals surface area contributed by atoms with Crippen LogP contribution in [0.1, 0.15) is 27.2 Å². The molecule has 0 aliphatic heterocycles. The van der Waals surface area contributed by atoms with Gasteiger partial charge in [-0.1, -0.05) is 0 Å². The number of carboxylic acid groups (broad SMARTS) is 1. The van der Waals surface area contributed by atoms with Crippen molar-refractivity contribution in [3.05, 3.63) is 30.1 Å². The Kier molecular flexibility index (Phi) is 8.40. The van der Waals surface area contributed by atoms with Crippen LogP contribution >= 0.6 is 11.8 Å². The molecule has 0 aliphatic carbocycles. The van der Waals surface area contributed by atoms with Crippen LogP contribution in [0, 0.1) is 5.82 Å². The van der Waals surface area contributed by atoms with Crippen LogP contribution in [0.25, 0.3) is 0 Å². The third kappa shape index (κ3) is 7.55. The summed E-state index contributed by atoms with van der Waals surface area (Å²) in [7, 11) is 0. The summed E-state index contributed by atoms with van der Waals surface area (Å²) < 4.78 is 12.8. The monoisotopic (exact) mass is 370 g/mol. The molecule has 0 bridgehead atoms. The second-order valence-corrected chi connectivity index (χ2v) is 7.11. The predicted octanol–water partition coefficient (Wildman–Crippen LogP) is 2.60. The number of nitrogens with one attached hydrogen (secondary N) is 1. The third-order valence-electron chi connectivity index (χ3n) is 3.41. The lowest BCUT2D eigenvalue weighted by atomic mass is 10.2. The highest BCUT2D eigenvalue weighted by Crippen LogP contribution is 2.16. The molecule has 2 amide bonds. The van der Waals surface area contributed by atoms with Gasteiger partial charge in [-0.15, -0.1) is 11.8 Å². The molecule has 0 saturated heterocycles. The Morgan fingerprint density at radius 2 is 1.80 bits per heavy atom. The Balaban J connectivity index is 2.51. The minimum absolute atomic E-state index is 0.0646. The Hall–Kier alpha value is -2.09. The molecule has 1 aromatic carbocycles. The maximum Gasteiger partial charge on any atom is 0.305 e. The van der Waals surface area contributed by atoms with Gasteiger partial charge in [-0.25, -0.2) is 4.39 Å². The van der Waals surface area contributed by atoms with Gasteiger partial charge >= 0.3 is 5.97 Å². The van der Waals surface area contributed by atoms with Crippen molar-refractivity contribution in [2.24, 2.45) is 0 Å². The van der Waals surface area contributed by atoms with Crippen LogP contribution in [0.2, 0.25) is 0 Å². The number of halogens is 1. The molecule has 0 heterocycles. The van der Waals surface area contributed by atoms with Crippen LogP contribution in [0.5, 0.6) is 0 Å². The number of hydrogen-bond donors (Lipinski definition) is 2. The molecular formula is C17H23FN2O4S. The fourth-order valence-corrected chi connectivity index (χ4v) is 2.83. The summed E-state index contributed by atoms with van der Waals surface area (Å²) in [5.41, 5.74) is 0.483. The number of thioether (sulfide) groups is 1. The summed E-state index contributed by atoms with van der Waals surface area (Å²) in [6.07, 6.45) is -0.119. The molecule has 1 rings (SSSR count). The first-order chi connectivity index (χ1) is 11.7. The SMILES string of the molecule is CC(SCC(=O)Nc1ccc(F)cc1)C(=O)N(CCC(=O)O)C(C)C. The topological polar surface area (TPSA) is 86.7 Å². The lowest BCUT2D eigenvalue weighted by Gasteiger charge is -2.28. The Bertz CT molecular complexity index is 607. The van der Waals surface area contributed by atoms with Crippen molar-refractivity contribution in [1.82, 2.24) is 4.90 Å². The molecule has 138 valence electrons. The summed E-state index contributed by atoms with van der Waals surface area (Å²) in [6, 6.07) is 5.29. The number of rotatable bonds is 9. The van der Waals surface area contributed by atoms with Gasteiger partial charge in [0, 0.05) is 18.3 Å². The first-order valence-corrected chi connectivity index (χ1v) is 8.95. The van der Waals surface area contributed by atoms with Gasteiger partial charge in [0.15, 0.2) is 0 Å². The largest absolute Gasteiger partial charge is 0.481 e. The van der Waals surface area contributed by atoms with Gasteiger partial charge in [-0.3, -0.25) is 14.4 Å². The van der Waals surface area contributed by atoms with Gasteiger partial charge in [-0.05, 0) is 45.0 Å². The fraction of sp³-hybridized carbons (Fsp3) is 0.471. The number of nitrogens with zero attached hydrogens (tertiary/aromatic N) is 1. The number of hydrogen-bond acceptors (Lipinski definition) is 4. The first-order valence-electron chi connectivity index (χ1n) is 7.90. The summed E-state index contributed by atoms with van der Waals surface area (Å²) in [4.78, 5) is 36.6. The van der Waals surface area contributed by atoms with Crippen molar-refractivity contribution in [1.29, 1.82) is 0 Å². The van der Waals surface area contributed by atoms with Gasteiger partial charge in [0.05, 0.1) is 17.4 Å². The van der Waals surface area contributed by atoms with E-state index in [1.54, 1.807) is 6.92 Å². The average Bonchev–Trinajstić information content (AvgIpc) is 2.54. The van der Waals surface area contributed by atoms with E-state index in [1.807, 2.05) is 13.8 Å². The van der Waals surface area contributed by atoms with Gasteiger partial charge in [0.1, 0.15) is 5.82 Å². The van der Waals surface area contributed by atoms with E-state index >= 15 is 0 Å². The van der Waals surface area contributed by atoms with E-state index in [2.05, 4.69) is 5.32 Å². The quantitative estimate of drug-likeness (QED) is 0.698. The van der Waals surface area contributed by atoms with Crippen molar-refractivity contribution in [3.63, 3.8) is 0 Å². The average molecular weight is 370 g/mol. The molecule has 2 N–H and O–H groups in total. The molecule has 0 aromatic heterocycles. The summed E-state index contributed by atoms with van der Waals surface area (Å²) in [5, 5.41) is 10.9. The minimum atomic E-state index is -0.961. The Morgan fingerprint density at radius 3 is 2.32 bits per heavy atom. The number of anilines is 1. The number of carbonyl (C=O) groups is 3. The molecule has 25 heavy (non-hydrogen) atoms. The number of aliphatic carboxylic acids is 1. The van der Waals surface area contributed by atoms with Crippen LogP contribution in [0.15, 0.2) is 24.3 Å². The molecule has 0 spiro atoms. The van der Waals surface area contributed by atoms with Crippen LogP contribution in [0.3, 0.4) is 0 Å². The maximum atomic E-state index is 12.8. The Morgan fingerprint density at radius 1 is 1.20 bits per heavy atom. The molecule has 0 fully saturated rings. The summed E-state index contributed by atoms with van der Waals surface area (Å²) in [6.45, 7) is 5.46. The molecular weight excluding hydrogens is 347 g/mol. The first kappa shape index (κ1) is 21.0. The molecule has 6 nitrogen and oxygen atoms in total.